The number of piperidine rings is 1. The van der Waals surface area contributed by atoms with Crippen molar-refractivity contribution in [1.29, 1.82) is 5.26 Å². The molecule has 1 atom stereocenters. The van der Waals surface area contributed by atoms with Gasteiger partial charge in [-0.25, -0.2) is 0 Å². The van der Waals surface area contributed by atoms with E-state index >= 15 is 0 Å². The van der Waals surface area contributed by atoms with Crippen LogP contribution in [-0.4, -0.2) is 48.1 Å². The molecule has 0 bridgehead atoms. The summed E-state index contributed by atoms with van der Waals surface area (Å²) < 4.78 is 0. The van der Waals surface area contributed by atoms with Crippen molar-refractivity contribution in [2.45, 2.75) is 77.3 Å². The van der Waals surface area contributed by atoms with E-state index in [-0.39, 0.29) is 0 Å². The second kappa shape index (κ2) is 11.6. The summed E-state index contributed by atoms with van der Waals surface area (Å²) in [5.74, 6) is 0. The quantitative estimate of drug-likeness (QED) is 0.430. The van der Waals surface area contributed by atoms with E-state index in [1.165, 1.54) is 49.0 Å². The van der Waals surface area contributed by atoms with Crippen LogP contribution in [0.4, 0.5) is 0 Å². The van der Waals surface area contributed by atoms with Gasteiger partial charge >= 0.3 is 0 Å². The Morgan fingerprint density at radius 1 is 0.844 bits per heavy atom. The van der Waals surface area contributed by atoms with Crippen LogP contribution in [-0.2, 0) is 5.41 Å². The smallest absolute Gasteiger partial charge is 0.0846 e. The third kappa shape index (κ3) is 6.21. The van der Waals surface area contributed by atoms with E-state index in [1.54, 1.807) is 0 Å². The van der Waals surface area contributed by atoms with Crippen LogP contribution in [0.3, 0.4) is 0 Å². The summed E-state index contributed by atoms with van der Waals surface area (Å²) in [6, 6.07) is 23.1. The summed E-state index contributed by atoms with van der Waals surface area (Å²) >= 11 is 0. The highest BCUT2D eigenvalue weighted by molar-refractivity contribution is 5.63. The van der Waals surface area contributed by atoms with Crippen LogP contribution < -0.4 is 0 Å². The summed E-state index contributed by atoms with van der Waals surface area (Å²) in [5.41, 5.74) is 3.15. The Morgan fingerprint density at radius 3 is 2.00 bits per heavy atom. The van der Waals surface area contributed by atoms with E-state index in [1.807, 2.05) is 6.07 Å². The topological polar surface area (TPSA) is 30.3 Å². The fraction of sp³-hybridized carbons (Fsp3) is 0.552. The molecule has 172 valence electrons. The van der Waals surface area contributed by atoms with Crippen molar-refractivity contribution in [3.05, 3.63) is 60.2 Å². The van der Waals surface area contributed by atoms with Crippen molar-refractivity contribution < 1.29 is 0 Å². The first kappa shape index (κ1) is 24.5. The molecule has 1 heterocycles. The van der Waals surface area contributed by atoms with E-state index in [0.717, 1.165) is 25.9 Å². The highest BCUT2D eigenvalue weighted by Crippen LogP contribution is 2.34. The Bertz CT molecular complexity index is 836. The van der Waals surface area contributed by atoms with Crippen molar-refractivity contribution in [2.24, 2.45) is 0 Å². The third-order valence-electron chi connectivity index (χ3n) is 7.19. The van der Waals surface area contributed by atoms with E-state index in [9.17, 15) is 5.26 Å². The molecule has 1 unspecified atom stereocenters. The molecule has 3 rings (SSSR count). The highest BCUT2D eigenvalue weighted by Gasteiger charge is 2.34. The van der Waals surface area contributed by atoms with Crippen molar-refractivity contribution in [3.63, 3.8) is 0 Å². The maximum atomic E-state index is 10.5. The summed E-state index contributed by atoms with van der Waals surface area (Å²) in [4.78, 5) is 5.09. The zero-order chi connectivity index (χ0) is 23.0. The third-order valence-corrected chi connectivity index (χ3v) is 7.19. The molecule has 0 amide bonds. The van der Waals surface area contributed by atoms with Crippen LogP contribution in [0.2, 0.25) is 0 Å². The lowest BCUT2D eigenvalue weighted by Crippen LogP contribution is -2.42. The zero-order valence-corrected chi connectivity index (χ0v) is 20.6. The van der Waals surface area contributed by atoms with Gasteiger partial charge in [0.15, 0.2) is 0 Å². The van der Waals surface area contributed by atoms with Gasteiger partial charge in [-0.15, -0.1) is 0 Å². The van der Waals surface area contributed by atoms with Gasteiger partial charge in [-0.1, -0.05) is 61.0 Å². The van der Waals surface area contributed by atoms with E-state index in [4.69, 9.17) is 0 Å². The Morgan fingerprint density at radius 2 is 1.44 bits per heavy atom. The molecule has 1 fully saturated rings. The standard InChI is InChI=1S/C29H41N3/c1-24(2)32(25(3)4)22-18-29(23-30,17-21-31-19-9-6-10-20-31)28-15-13-27(14-16-28)26-11-7-5-8-12-26/h5,7-8,11-16,24-25H,6,9-10,17-22H2,1-4H3. The van der Waals surface area contributed by atoms with Gasteiger partial charge in [-0.2, -0.15) is 5.26 Å². The zero-order valence-electron chi connectivity index (χ0n) is 20.6. The fourth-order valence-electron chi connectivity index (χ4n) is 5.17. The van der Waals surface area contributed by atoms with Gasteiger partial charge in [0.2, 0.25) is 0 Å². The largest absolute Gasteiger partial charge is 0.303 e. The summed E-state index contributed by atoms with van der Waals surface area (Å²) in [6.45, 7) is 13.4. The van der Waals surface area contributed by atoms with Crippen LogP contribution in [0.5, 0.6) is 0 Å². The van der Waals surface area contributed by atoms with Crippen LogP contribution in [0.25, 0.3) is 11.1 Å². The monoisotopic (exact) mass is 431 g/mol. The molecule has 0 aromatic heterocycles. The summed E-state index contributed by atoms with van der Waals surface area (Å²) in [6.07, 6.45) is 5.70. The first-order chi connectivity index (χ1) is 15.4. The molecule has 1 aliphatic rings. The molecule has 0 radical (unpaired) electrons. The minimum absolute atomic E-state index is 0.450. The Hall–Kier alpha value is -2.15. The summed E-state index contributed by atoms with van der Waals surface area (Å²) in [5, 5.41) is 10.5. The molecular formula is C29H41N3. The second-order valence-electron chi connectivity index (χ2n) is 9.96. The van der Waals surface area contributed by atoms with E-state index in [2.05, 4.69) is 92.1 Å². The molecule has 3 nitrogen and oxygen atoms in total. The molecule has 2 aromatic carbocycles. The molecular weight excluding hydrogens is 390 g/mol. The molecule has 2 aromatic rings. The number of benzene rings is 2. The van der Waals surface area contributed by atoms with Gasteiger partial charge in [-0.3, -0.25) is 4.90 Å². The minimum atomic E-state index is -0.450. The maximum Gasteiger partial charge on any atom is 0.0846 e. The predicted molar refractivity (Wildman–Crippen MR) is 136 cm³/mol. The fourth-order valence-corrected chi connectivity index (χ4v) is 5.17. The van der Waals surface area contributed by atoms with Crippen LogP contribution in [0, 0.1) is 11.3 Å². The van der Waals surface area contributed by atoms with Crippen LogP contribution in [0.15, 0.2) is 54.6 Å². The second-order valence-corrected chi connectivity index (χ2v) is 9.96. The SMILES string of the molecule is CC(C)N(CCC(C#N)(CCN1CCCCC1)c1ccc(-c2ccccc2)cc1)C(C)C. The normalized spacial score (nSPS) is 16.9. The lowest BCUT2D eigenvalue weighted by Gasteiger charge is -2.36. The van der Waals surface area contributed by atoms with E-state index < -0.39 is 5.41 Å². The van der Waals surface area contributed by atoms with Gasteiger partial charge in [0, 0.05) is 18.6 Å². The lowest BCUT2D eigenvalue weighted by molar-refractivity contribution is 0.155. The van der Waals surface area contributed by atoms with Crippen LogP contribution >= 0.6 is 0 Å². The van der Waals surface area contributed by atoms with Gasteiger partial charge in [-0.05, 0) is 89.7 Å². The first-order valence-corrected chi connectivity index (χ1v) is 12.5. The number of nitriles is 1. The van der Waals surface area contributed by atoms with Crippen molar-refractivity contribution in [3.8, 4) is 17.2 Å². The highest BCUT2D eigenvalue weighted by atomic mass is 15.2. The number of hydrogen-bond donors (Lipinski definition) is 0. The number of rotatable bonds is 10. The summed E-state index contributed by atoms with van der Waals surface area (Å²) in [7, 11) is 0. The van der Waals surface area contributed by atoms with Gasteiger partial charge in [0.25, 0.3) is 0 Å². The molecule has 1 saturated heterocycles. The number of hydrogen-bond acceptors (Lipinski definition) is 3. The van der Waals surface area contributed by atoms with Crippen molar-refractivity contribution in [1.82, 2.24) is 9.80 Å². The minimum Gasteiger partial charge on any atom is -0.303 e. The first-order valence-electron chi connectivity index (χ1n) is 12.5. The molecule has 0 N–H and O–H groups in total. The van der Waals surface area contributed by atoms with Crippen molar-refractivity contribution >= 4 is 0 Å². The number of likely N-dealkylation sites (tertiary alicyclic amines) is 1. The number of nitrogens with zero attached hydrogens (tertiary/aromatic N) is 3. The van der Waals surface area contributed by atoms with E-state index in [0.29, 0.717) is 12.1 Å². The van der Waals surface area contributed by atoms with Crippen LogP contribution in [0.1, 0.15) is 65.4 Å². The molecule has 1 aliphatic heterocycles. The predicted octanol–water partition coefficient (Wildman–Crippen LogP) is 6.50. The Kier molecular flexibility index (Phi) is 8.91. The molecule has 0 saturated carbocycles. The average Bonchev–Trinajstić information content (AvgIpc) is 2.82. The molecule has 3 heteroatoms. The lowest BCUT2D eigenvalue weighted by atomic mass is 9.75. The maximum absolute atomic E-state index is 10.5. The van der Waals surface area contributed by atoms with Crippen molar-refractivity contribution in [2.75, 3.05) is 26.2 Å². The Labute approximate surface area is 196 Å². The Balaban J connectivity index is 1.84. The average molecular weight is 432 g/mol. The molecule has 0 spiro atoms. The molecule has 0 aliphatic carbocycles. The van der Waals surface area contributed by atoms with Gasteiger partial charge < -0.3 is 4.90 Å². The van der Waals surface area contributed by atoms with Gasteiger partial charge in [0.05, 0.1) is 11.5 Å². The molecule has 32 heavy (non-hydrogen) atoms. The van der Waals surface area contributed by atoms with Gasteiger partial charge in [0.1, 0.15) is 0 Å².